The Morgan fingerprint density at radius 3 is 2.95 bits per heavy atom. The maximum atomic E-state index is 12.2. The first-order valence-electron chi connectivity index (χ1n) is 7.65. The Balaban J connectivity index is 1.80. The van der Waals surface area contributed by atoms with Crippen molar-refractivity contribution >= 4 is 11.6 Å². The third-order valence-electron chi connectivity index (χ3n) is 4.06. The molecular weight excluding hydrogens is 248 g/mol. The van der Waals surface area contributed by atoms with E-state index >= 15 is 0 Å². The van der Waals surface area contributed by atoms with E-state index in [4.69, 9.17) is 0 Å². The van der Waals surface area contributed by atoms with Crippen LogP contribution in [-0.2, 0) is 4.79 Å². The van der Waals surface area contributed by atoms with E-state index in [0.29, 0.717) is 18.9 Å². The SMILES string of the molecule is Cc1ccc(C)c(NCCC(=O)N2CCCC(C)C2)c1. The van der Waals surface area contributed by atoms with Crippen molar-refractivity contribution in [1.29, 1.82) is 0 Å². The first-order valence-corrected chi connectivity index (χ1v) is 7.65. The molecule has 0 aromatic heterocycles. The van der Waals surface area contributed by atoms with Crippen molar-refractivity contribution in [1.82, 2.24) is 4.90 Å². The summed E-state index contributed by atoms with van der Waals surface area (Å²) in [7, 11) is 0. The lowest BCUT2D eigenvalue weighted by Gasteiger charge is -2.31. The molecule has 20 heavy (non-hydrogen) atoms. The molecule has 3 nitrogen and oxygen atoms in total. The zero-order valence-electron chi connectivity index (χ0n) is 12.9. The molecular formula is C17H26N2O. The van der Waals surface area contributed by atoms with E-state index in [9.17, 15) is 4.79 Å². The second kappa shape index (κ2) is 6.78. The van der Waals surface area contributed by atoms with Crippen LogP contribution >= 0.6 is 0 Å². The number of piperidine rings is 1. The van der Waals surface area contributed by atoms with Gasteiger partial charge in [0.1, 0.15) is 0 Å². The predicted molar refractivity (Wildman–Crippen MR) is 84.0 cm³/mol. The molecule has 2 rings (SSSR count). The van der Waals surface area contributed by atoms with Crippen LogP contribution in [0.25, 0.3) is 0 Å². The van der Waals surface area contributed by atoms with Gasteiger partial charge in [-0.15, -0.1) is 0 Å². The molecule has 0 radical (unpaired) electrons. The van der Waals surface area contributed by atoms with E-state index in [-0.39, 0.29) is 5.91 Å². The van der Waals surface area contributed by atoms with E-state index < -0.39 is 0 Å². The molecule has 1 aliphatic heterocycles. The number of anilines is 1. The van der Waals surface area contributed by atoms with Gasteiger partial charge in [0, 0.05) is 31.7 Å². The molecule has 1 aromatic rings. The Labute approximate surface area is 122 Å². The molecule has 0 bridgehead atoms. The first kappa shape index (κ1) is 14.9. The number of hydrogen-bond donors (Lipinski definition) is 1. The lowest BCUT2D eigenvalue weighted by molar-refractivity contribution is -0.132. The summed E-state index contributed by atoms with van der Waals surface area (Å²) in [5.74, 6) is 0.939. The number of carbonyl (C=O) groups excluding carboxylic acids is 1. The van der Waals surface area contributed by atoms with Gasteiger partial charge in [-0.25, -0.2) is 0 Å². The minimum atomic E-state index is 0.286. The number of nitrogens with zero attached hydrogens (tertiary/aromatic N) is 1. The van der Waals surface area contributed by atoms with Crippen LogP contribution in [0.4, 0.5) is 5.69 Å². The molecule has 0 aliphatic carbocycles. The summed E-state index contributed by atoms with van der Waals surface area (Å²) < 4.78 is 0. The summed E-state index contributed by atoms with van der Waals surface area (Å²) in [4.78, 5) is 14.2. The Bertz CT molecular complexity index is 470. The van der Waals surface area contributed by atoms with E-state index in [2.05, 4.69) is 44.3 Å². The summed E-state index contributed by atoms with van der Waals surface area (Å²) in [5, 5.41) is 3.39. The van der Waals surface area contributed by atoms with Gasteiger partial charge < -0.3 is 10.2 Å². The summed E-state index contributed by atoms with van der Waals surface area (Å²) in [6.45, 7) is 9.00. The predicted octanol–water partition coefficient (Wildman–Crippen LogP) is 3.36. The van der Waals surface area contributed by atoms with Crippen molar-refractivity contribution in [3.8, 4) is 0 Å². The first-order chi connectivity index (χ1) is 9.56. The molecule has 1 N–H and O–H groups in total. The van der Waals surface area contributed by atoms with Crippen molar-refractivity contribution in [2.24, 2.45) is 5.92 Å². The number of amides is 1. The molecule has 0 saturated carbocycles. The van der Waals surface area contributed by atoms with Crippen molar-refractivity contribution in [2.75, 3.05) is 25.0 Å². The van der Waals surface area contributed by atoms with Crippen molar-refractivity contribution in [3.63, 3.8) is 0 Å². The Morgan fingerprint density at radius 1 is 1.40 bits per heavy atom. The molecule has 1 saturated heterocycles. The largest absolute Gasteiger partial charge is 0.384 e. The average Bonchev–Trinajstić information content (AvgIpc) is 2.42. The zero-order chi connectivity index (χ0) is 14.5. The molecule has 3 heteroatoms. The highest BCUT2D eigenvalue weighted by Gasteiger charge is 2.20. The number of benzene rings is 1. The van der Waals surface area contributed by atoms with Gasteiger partial charge in [0.2, 0.25) is 5.91 Å². The van der Waals surface area contributed by atoms with Crippen molar-refractivity contribution in [3.05, 3.63) is 29.3 Å². The van der Waals surface area contributed by atoms with E-state index in [0.717, 1.165) is 25.2 Å². The summed E-state index contributed by atoms with van der Waals surface area (Å²) in [5.41, 5.74) is 3.62. The molecule has 0 spiro atoms. The second-order valence-electron chi connectivity index (χ2n) is 6.08. The highest BCUT2D eigenvalue weighted by molar-refractivity contribution is 5.77. The fourth-order valence-electron chi connectivity index (χ4n) is 2.80. The minimum Gasteiger partial charge on any atom is -0.384 e. The van der Waals surface area contributed by atoms with Gasteiger partial charge in [-0.2, -0.15) is 0 Å². The van der Waals surface area contributed by atoms with Crippen molar-refractivity contribution < 1.29 is 4.79 Å². The van der Waals surface area contributed by atoms with E-state index in [1.807, 2.05) is 4.90 Å². The third kappa shape index (κ3) is 3.99. The van der Waals surface area contributed by atoms with Crippen LogP contribution in [0.2, 0.25) is 0 Å². The van der Waals surface area contributed by atoms with Gasteiger partial charge in [-0.1, -0.05) is 19.1 Å². The molecule has 1 aromatic carbocycles. The van der Waals surface area contributed by atoms with Gasteiger partial charge in [0.15, 0.2) is 0 Å². The molecule has 1 fully saturated rings. The monoisotopic (exact) mass is 274 g/mol. The van der Waals surface area contributed by atoms with Crippen LogP contribution in [0.1, 0.15) is 37.3 Å². The normalized spacial score (nSPS) is 18.9. The number of rotatable bonds is 4. The maximum absolute atomic E-state index is 12.2. The quantitative estimate of drug-likeness (QED) is 0.913. The number of nitrogens with one attached hydrogen (secondary N) is 1. The Hall–Kier alpha value is -1.51. The fourth-order valence-corrected chi connectivity index (χ4v) is 2.80. The Kier molecular flexibility index (Phi) is 5.05. The van der Waals surface area contributed by atoms with Crippen LogP contribution in [0.5, 0.6) is 0 Å². The Morgan fingerprint density at radius 2 is 2.20 bits per heavy atom. The summed E-state index contributed by atoms with van der Waals surface area (Å²) in [6, 6.07) is 6.37. The molecule has 1 unspecified atom stereocenters. The minimum absolute atomic E-state index is 0.286. The van der Waals surface area contributed by atoms with Crippen LogP contribution in [0, 0.1) is 19.8 Å². The maximum Gasteiger partial charge on any atom is 0.224 e. The van der Waals surface area contributed by atoms with Gasteiger partial charge in [0.05, 0.1) is 0 Å². The molecule has 1 heterocycles. The van der Waals surface area contributed by atoms with Gasteiger partial charge in [-0.05, 0) is 49.8 Å². The third-order valence-corrected chi connectivity index (χ3v) is 4.06. The highest BCUT2D eigenvalue weighted by Crippen LogP contribution is 2.18. The smallest absolute Gasteiger partial charge is 0.224 e. The van der Waals surface area contributed by atoms with Crippen LogP contribution < -0.4 is 5.32 Å². The number of hydrogen-bond acceptors (Lipinski definition) is 2. The lowest BCUT2D eigenvalue weighted by Crippen LogP contribution is -2.39. The highest BCUT2D eigenvalue weighted by atomic mass is 16.2. The van der Waals surface area contributed by atoms with Crippen LogP contribution in [0.15, 0.2) is 18.2 Å². The molecule has 1 atom stereocenters. The summed E-state index contributed by atoms with van der Waals surface area (Å²) >= 11 is 0. The van der Waals surface area contributed by atoms with E-state index in [1.54, 1.807) is 0 Å². The molecule has 1 aliphatic rings. The number of aryl methyl sites for hydroxylation is 2. The van der Waals surface area contributed by atoms with Crippen molar-refractivity contribution in [2.45, 2.75) is 40.0 Å². The van der Waals surface area contributed by atoms with Crippen LogP contribution in [-0.4, -0.2) is 30.4 Å². The van der Waals surface area contributed by atoms with Gasteiger partial charge >= 0.3 is 0 Å². The molecule has 110 valence electrons. The summed E-state index contributed by atoms with van der Waals surface area (Å²) in [6.07, 6.45) is 2.99. The number of carbonyl (C=O) groups is 1. The molecule has 1 amide bonds. The lowest BCUT2D eigenvalue weighted by atomic mass is 10.00. The standard InChI is InChI=1S/C17H26N2O/c1-13-6-7-15(3)16(11-13)18-9-8-17(20)19-10-4-5-14(2)12-19/h6-7,11,14,18H,4-5,8-10,12H2,1-3H3. The number of likely N-dealkylation sites (tertiary alicyclic amines) is 1. The average molecular weight is 274 g/mol. The topological polar surface area (TPSA) is 32.3 Å². The van der Waals surface area contributed by atoms with Gasteiger partial charge in [-0.3, -0.25) is 4.79 Å². The zero-order valence-corrected chi connectivity index (χ0v) is 12.9. The second-order valence-corrected chi connectivity index (χ2v) is 6.08. The van der Waals surface area contributed by atoms with Gasteiger partial charge in [0.25, 0.3) is 0 Å². The van der Waals surface area contributed by atoms with Crippen LogP contribution in [0.3, 0.4) is 0 Å². The fraction of sp³-hybridized carbons (Fsp3) is 0.588. The van der Waals surface area contributed by atoms with E-state index in [1.165, 1.54) is 17.5 Å².